The molecule has 0 saturated heterocycles. The van der Waals surface area contributed by atoms with Crippen LogP contribution in [0, 0.1) is 6.92 Å². The number of nitrogens with zero attached hydrogens (tertiary/aromatic N) is 4. The van der Waals surface area contributed by atoms with Crippen LogP contribution in [-0.2, 0) is 13.0 Å². The molecule has 0 fully saturated rings. The van der Waals surface area contributed by atoms with Gasteiger partial charge in [-0.25, -0.2) is 4.98 Å². The summed E-state index contributed by atoms with van der Waals surface area (Å²) < 4.78 is 7.71. The molecule has 2 aromatic heterocycles. The van der Waals surface area contributed by atoms with E-state index in [0.717, 1.165) is 36.6 Å². The zero-order valence-electron chi connectivity index (χ0n) is 12.5. The Kier molecular flexibility index (Phi) is 4.55. The second-order valence-corrected chi connectivity index (χ2v) is 4.56. The highest BCUT2D eigenvalue weighted by Crippen LogP contribution is 2.26. The molecule has 0 aliphatic heterocycles. The first-order valence-electron chi connectivity index (χ1n) is 6.93. The van der Waals surface area contributed by atoms with Crippen LogP contribution in [0.3, 0.4) is 0 Å². The van der Waals surface area contributed by atoms with Crippen molar-refractivity contribution in [3.05, 3.63) is 23.8 Å². The maximum absolute atomic E-state index is 5.85. The van der Waals surface area contributed by atoms with E-state index in [4.69, 9.17) is 4.74 Å². The fourth-order valence-electron chi connectivity index (χ4n) is 1.90. The predicted octanol–water partition coefficient (Wildman–Crippen LogP) is 2.79. The molecule has 6 heteroatoms. The quantitative estimate of drug-likeness (QED) is 0.878. The number of nitrogens with one attached hydrogen (secondary N) is 1. The predicted molar refractivity (Wildman–Crippen MR) is 78.3 cm³/mol. The Labute approximate surface area is 119 Å². The lowest BCUT2D eigenvalue weighted by atomic mass is 10.3. The summed E-state index contributed by atoms with van der Waals surface area (Å²) in [6, 6.07) is 0. The van der Waals surface area contributed by atoms with Gasteiger partial charge in [-0.2, -0.15) is 10.1 Å². The highest BCUT2D eigenvalue weighted by molar-refractivity contribution is 5.49. The molecule has 6 nitrogen and oxygen atoms in total. The van der Waals surface area contributed by atoms with Crippen LogP contribution < -0.4 is 10.1 Å². The van der Waals surface area contributed by atoms with Crippen molar-refractivity contribution in [3.63, 3.8) is 0 Å². The number of aryl methyl sites for hydroxylation is 2. The first-order chi connectivity index (χ1) is 9.67. The van der Waals surface area contributed by atoms with Crippen molar-refractivity contribution < 1.29 is 4.74 Å². The van der Waals surface area contributed by atoms with Gasteiger partial charge in [0, 0.05) is 20.0 Å². The SMILES string of the molecule is CCCn1cc(Oc2nc(CC)nc(NC)c2C)cn1. The van der Waals surface area contributed by atoms with E-state index in [1.54, 1.807) is 6.20 Å². The summed E-state index contributed by atoms with van der Waals surface area (Å²) >= 11 is 0. The first-order valence-corrected chi connectivity index (χ1v) is 6.93. The van der Waals surface area contributed by atoms with E-state index in [-0.39, 0.29) is 0 Å². The molecule has 0 atom stereocenters. The van der Waals surface area contributed by atoms with Crippen LogP contribution in [0.15, 0.2) is 12.4 Å². The molecule has 2 rings (SSSR count). The summed E-state index contributed by atoms with van der Waals surface area (Å²) in [5.41, 5.74) is 0.896. The summed E-state index contributed by atoms with van der Waals surface area (Å²) in [4.78, 5) is 8.86. The average Bonchev–Trinajstić information content (AvgIpc) is 2.89. The van der Waals surface area contributed by atoms with Crippen molar-refractivity contribution in [2.24, 2.45) is 0 Å². The molecule has 0 radical (unpaired) electrons. The van der Waals surface area contributed by atoms with E-state index >= 15 is 0 Å². The second kappa shape index (κ2) is 6.36. The van der Waals surface area contributed by atoms with Gasteiger partial charge in [-0.1, -0.05) is 13.8 Å². The molecular weight excluding hydrogens is 254 g/mol. The number of hydrogen-bond donors (Lipinski definition) is 1. The minimum absolute atomic E-state index is 0.581. The van der Waals surface area contributed by atoms with E-state index in [1.165, 1.54) is 0 Å². The number of rotatable bonds is 6. The number of aromatic nitrogens is 4. The van der Waals surface area contributed by atoms with Crippen molar-refractivity contribution >= 4 is 5.82 Å². The van der Waals surface area contributed by atoms with E-state index in [2.05, 4.69) is 27.3 Å². The maximum Gasteiger partial charge on any atom is 0.227 e. The molecule has 0 aliphatic carbocycles. The molecule has 2 heterocycles. The van der Waals surface area contributed by atoms with Gasteiger partial charge in [0.2, 0.25) is 5.88 Å². The monoisotopic (exact) mass is 275 g/mol. The van der Waals surface area contributed by atoms with Crippen molar-refractivity contribution in [3.8, 4) is 11.6 Å². The van der Waals surface area contributed by atoms with Crippen LogP contribution in [0.25, 0.3) is 0 Å². The minimum Gasteiger partial charge on any atom is -0.435 e. The van der Waals surface area contributed by atoms with E-state index < -0.39 is 0 Å². The van der Waals surface area contributed by atoms with Crippen LogP contribution in [0.2, 0.25) is 0 Å². The van der Waals surface area contributed by atoms with Gasteiger partial charge in [-0.3, -0.25) is 4.68 Å². The van der Waals surface area contributed by atoms with Crippen LogP contribution >= 0.6 is 0 Å². The maximum atomic E-state index is 5.85. The van der Waals surface area contributed by atoms with Crippen LogP contribution in [0.4, 0.5) is 5.82 Å². The number of ether oxygens (including phenoxy) is 1. The van der Waals surface area contributed by atoms with E-state index in [0.29, 0.717) is 11.6 Å². The Morgan fingerprint density at radius 2 is 2.10 bits per heavy atom. The third-order valence-corrected chi connectivity index (χ3v) is 2.98. The largest absolute Gasteiger partial charge is 0.435 e. The summed E-state index contributed by atoms with van der Waals surface area (Å²) in [7, 11) is 1.85. The van der Waals surface area contributed by atoms with Crippen molar-refractivity contribution in [2.75, 3.05) is 12.4 Å². The Hall–Kier alpha value is -2.11. The zero-order valence-corrected chi connectivity index (χ0v) is 12.5. The van der Waals surface area contributed by atoms with Gasteiger partial charge >= 0.3 is 0 Å². The lowest BCUT2D eigenvalue weighted by Crippen LogP contribution is -2.04. The molecule has 0 aliphatic rings. The molecule has 0 amide bonds. The Bertz CT molecular complexity index is 579. The molecule has 0 aromatic carbocycles. The fraction of sp³-hybridized carbons (Fsp3) is 0.500. The zero-order chi connectivity index (χ0) is 14.5. The summed E-state index contributed by atoms with van der Waals surface area (Å²) in [6.07, 6.45) is 5.40. The highest BCUT2D eigenvalue weighted by atomic mass is 16.5. The first kappa shape index (κ1) is 14.3. The minimum atomic E-state index is 0.581. The molecule has 1 N–H and O–H groups in total. The van der Waals surface area contributed by atoms with Gasteiger partial charge in [-0.05, 0) is 13.3 Å². The highest BCUT2D eigenvalue weighted by Gasteiger charge is 2.12. The smallest absolute Gasteiger partial charge is 0.227 e. The lowest BCUT2D eigenvalue weighted by molar-refractivity contribution is 0.453. The topological polar surface area (TPSA) is 64.9 Å². The number of hydrogen-bond acceptors (Lipinski definition) is 5. The second-order valence-electron chi connectivity index (χ2n) is 4.56. The van der Waals surface area contributed by atoms with E-state index in [9.17, 15) is 0 Å². The fourth-order valence-corrected chi connectivity index (χ4v) is 1.90. The van der Waals surface area contributed by atoms with Gasteiger partial charge in [0.25, 0.3) is 0 Å². The molecular formula is C14H21N5O. The number of anilines is 1. The van der Waals surface area contributed by atoms with Gasteiger partial charge in [-0.15, -0.1) is 0 Å². The van der Waals surface area contributed by atoms with Crippen molar-refractivity contribution in [1.29, 1.82) is 0 Å². The van der Waals surface area contributed by atoms with Gasteiger partial charge < -0.3 is 10.1 Å². The van der Waals surface area contributed by atoms with Crippen LogP contribution in [-0.4, -0.2) is 26.8 Å². The van der Waals surface area contributed by atoms with Gasteiger partial charge in [0.1, 0.15) is 11.6 Å². The summed E-state index contributed by atoms with van der Waals surface area (Å²) in [5, 5.41) is 7.32. The third kappa shape index (κ3) is 3.07. The molecule has 0 spiro atoms. The molecule has 0 bridgehead atoms. The Balaban J connectivity index is 2.27. The standard InChI is InChI=1S/C14H21N5O/c1-5-7-19-9-11(8-16-19)20-14-10(3)13(15-4)17-12(6-2)18-14/h8-9H,5-7H2,1-4H3,(H,15,17,18). The van der Waals surface area contributed by atoms with Crippen molar-refractivity contribution in [1.82, 2.24) is 19.7 Å². The van der Waals surface area contributed by atoms with Crippen molar-refractivity contribution in [2.45, 2.75) is 40.2 Å². The van der Waals surface area contributed by atoms with Crippen LogP contribution in [0.5, 0.6) is 11.6 Å². The lowest BCUT2D eigenvalue weighted by Gasteiger charge is -2.11. The van der Waals surface area contributed by atoms with Gasteiger partial charge in [0.15, 0.2) is 5.75 Å². The third-order valence-electron chi connectivity index (χ3n) is 2.98. The molecule has 20 heavy (non-hydrogen) atoms. The molecule has 2 aromatic rings. The average molecular weight is 275 g/mol. The molecule has 0 saturated carbocycles. The Morgan fingerprint density at radius 1 is 1.30 bits per heavy atom. The molecule has 108 valence electrons. The van der Waals surface area contributed by atoms with Crippen LogP contribution in [0.1, 0.15) is 31.7 Å². The van der Waals surface area contributed by atoms with Gasteiger partial charge in [0.05, 0.1) is 18.0 Å². The van der Waals surface area contributed by atoms with E-state index in [1.807, 2.05) is 31.8 Å². The Morgan fingerprint density at radius 3 is 2.75 bits per heavy atom. The summed E-state index contributed by atoms with van der Waals surface area (Å²) in [5.74, 6) is 2.84. The molecule has 0 unspecified atom stereocenters. The normalized spacial score (nSPS) is 10.6. The summed E-state index contributed by atoms with van der Waals surface area (Å²) in [6.45, 7) is 6.96.